The van der Waals surface area contributed by atoms with E-state index < -0.39 is 0 Å². The van der Waals surface area contributed by atoms with Crippen molar-refractivity contribution in [3.8, 4) is 0 Å². The highest BCUT2D eigenvalue weighted by Crippen LogP contribution is 2.53. The molecular formula is C66H85BN2O2. The zero-order chi connectivity index (χ0) is 51.8. The van der Waals surface area contributed by atoms with Crippen molar-refractivity contribution in [2.24, 2.45) is 21.7 Å². The van der Waals surface area contributed by atoms with Crippen LogP contribution in [0.5, 0.6) is 0 Å². The fourth-order valence-electron chi connectivity index (χ4n) is 12.5. The maximum atomic E-state index is 7.00. The van der Waals surface area contributed by atoms with Gasteiger partial charge in [-0.2, -0.15) is 0 Å². The number of nitrogens with one attached hydrogen (secondary N) is 1. The smallest absolute Gasteiger partial charge is 0.249 e. The third-order valence-electron chi connectivity index (χ3n) is 16.9. The number of fused-ring (bicyclic) bond motifs is 5. The number of para-hydroxylation sites is 1. The molecule has 9 rings (SSSR count). The molecule has 3 aliphatic carbocycles. The molecule has 0 bridgehead atoms. The molecule has 71 heavy (non-hydrogen) atoms. The molecule has 0 spiro atoms. The van der Waals surface area contributed by atoms with Gasteiger partial charge in [-0.3, -0.25) is 0 Å². The minimum atomic E-state index is -0.128. The molecule has 1 N–H and O–H groups in total. The molecule has 0 saturated carbocycles. The predicted molar refractivity (Wildman–Crippen MR) is 307 cm³/mol. The first-order chi connectivity index (χ1) is 32.8. The molecule has 0 saturated heterocycles. The fourth-order valence-corrected chi connectivity index (χ4v) is 12.5. The Morgan fingerprint density at radius 1 is 0.718 bits per heavy atom. The molecule has 5 aromatic rings. The van der Waals surface area contributed by atoms with Crippen LogP contribution in [0.1, 0.15) is 180 Å². The van der Waals surface area contributed by atoms with Gasteiger partial charge in [0, 0.05) is 33.8 Å². The third-order valence-corrected chi connectivity index (χ3v) is 16.9. The lowest BCUT2D eigenvalue weighted by Gasteiger charge is -2.47. The molecule has 2 aromatic heterocycles. The minimum Gasteiger partial charge on any atom is -0.465 e. The van der Waals surface area contributed by atoms with Crippen molar-refractivity contribution in [1.29, 1.82) is 0 Å². The van der Waals surface area contributed by atoms with E-state index >= 15 is 0 Å². The van der Waals surface area contributed by atoms with Crippen molar-refractivity contribution in [2.45, 2.75) is 186 Å². The molecule has 0 amide bonds. The van der Waals surface area contributed by atoms with E-state index in [9.17, 15) is 0 Å². The van der Waals surface area contributed by atoms with Gasteiger partial charge in [-0.25, -0.2) is 0 Å². The summed E-state index contributed by atoms with van der Waals surface area (Å²) in [6.45, 7) is 49.1. The molecule has 374 valence electrons. The molecule has 1 atom stereocenters. The van der Waals surface area contributed by atoms with E-state index in [0.29, 0.717) is 0 Å². The Kier molecular flexibility index (Phi) is 12.1. The summed E-state index contributed by atoms with van der Waals surface area (Å²) in [6, 6.07) is 18.4. The minimum absolute atomic E-state index is 0.00401. The summed E-state index contributed by atoms with van der Waals surface area (Å²) in [5.41, 5.74) is 20.1. The van der Waals surface area contributed by atoms with Gasteiger partial charge in [-0.1, -0.05) is 186 Å². The van der Waals surface area contributed by atoms with E-state index in [0.717, 1.165) is 54.2 Å². The number of furan rings is 2. The third kappa shape index (κ3) is 8.88. The highest BCUT2D eigenvalue weighted by molar-refractivity contribution is 6.89. The highest BCUT2D eigenvalue weighted by atomic mass is 16.3. The van der Waals surface area contributed by atoms with Crippen LogP contribution in [-0.4, -0.2) is 12.8 Å². The number of nitrogens with zero attached hydrogens (tertiary/aromatic N) is 1. The van der Waals surface area contributed by atoms with E-state index in [4.69, 9.17) is 8.83 Å². The molecule has 5 heteroatoms. The van der Waals surface area contributed by atoms with Gasteiger partial charge in [0.15, 0.2) is 0 Å². The normalized spacial score (nSPS) is 20.4. The van der Waals surface area contributed by atoms with Crippen LogP contribution in [0.15, 0.2) is 145 Å². The van der Waals surface area contributed by atoms with Gasteiger partial charge < -0.3 is 19.1 Å². The average Bonchev–Trinajstić information content (AvgIpc) is 3.86. The number of hydrogen-bond acceptors (Lipinski definition) is 4. The van der Waals surface area contributed by atoms with Gasteiger partial charge in [-0.15, -0.1) is 0 Å². The summed E-state index contributed by atoms with van der Waals surface area (Å²) in [6.07, 6.45) is 19.2. The Hall–Kier alpha value is -5.16. The Labute approximate surface area is 428 Å². The molecule has 3 heterocycles. The van der Waals surface area contributed by atoms with E-state index in [1.54, 1.807) is 0 Å². The number of benzene rings is 3. The number of hydrogen-bond donors (Lipinski definition) is 1. The lowest BCUT2D eigenvalue weighted by Crippen LogP contribution is -2.51. The maximum Gasteiger partial charge on any atom is 0.249 e. The van der Waals surface area contributed by atoms with Crippen molar-refractivity contribution < 1.29 is 8.83 Å². The highest BCUT2D eigenvalue weighted by Gasteiger charge is 2.47. The average molecular weight is 949 g/mol. The van der Waals surface area contributed by atoms with E-state index in [1.807, 2.05) is 0 Å². The summed E-state index contributed by atoms with van der Waals surface area (Å²) in [7, 11) is 0. The standard InChI is InChI=1S/C66H85BN2O2/c1-21-44(62(8,9)10)45(63(11,12)13)30-33-68-51-35-41(61(5,6)7)36-54-58(51)67(50-39-70-56-38-48-47(37-43(50)56)65(17,18)31-32-66(48,19)20)49-34-40(60(2,3)4)26-28-52(49)69(54)53-29-27-46(64(14,15)16)59-57(53)42-24-22-23-25-55(42)71-59/h21-25,27,29-30,33-34,36-39,51,68H,1,26,28,31-32,35H2,2-20H3/b33-30+,45-44-. The molecule has 1 aliphatic heterocycles. The van der Waals surface area contributed by atoms with Crippen molar-refractivity contribution in [3.63, 3.8) is 0 Å². The van der Waals surface area contributed by atoms with Crippen LogP contribution in [0, 0.1) is 21.7 Å². The van der Waals surface area contributed by atoms with E-state index in [1.165, 1.54) is 83.2 Å². The molecule has 0 fully saturated rings. The summed E-state index contributed by atoms with van der Waals surface area (Å²) < 4.78 is 13.9. The zero-order valence-electron chi connectivity index (χ0n) is 47.2. The Morgan fingerprint density at radius 2 is 1.35 bits per heavy atom. The summed E-state index contributed by atoms with van der Waals surface area (Å²) in [4.78, 5) is 2.70. The van der Waals surface area contributed by atoms with Crippen LogP contribution in [0.4, 0.5) is 5.69 Å². The predicted octanol–water partition coefficient (Wildman–Crippen LogP) is 18.0. The second-order valence-electron chi connectivity index (χ2n) is 28.2. The molecular weight excluding hydrogens is 864 g/mol. The van der Waals surface area contributed by atoms with E-state index in [-0.39, 0.29) is 50.7 Å². The Balaban J connectivity index is 1.40. The van der Waals surface area contributed by atoms with Gasteiger partial charge >= 0.3 is 0 Å². The number of rotatable bonds is 6. The maximum absolute atomic E-state index is 7.00. The van der Waals surface area contributed by atoms with Crippen molar-refractivity contribution >= 4 is 50.8 Å². The molecule has 0 radical (unpaired) electrons. The Bertz CT molecular complexity index is 3180. The topological polar surface area (TPSA) is 41.6 Å². The van der Waals surface area contributed by atoms with Crippen LogP contribution >= 0.6 is 0 Å². The van der Waals surface area contributed by atoms with E-state index in [2.05, 4.69) is 234 Å². The van der Waals surface area contributed by atoms with Crippen LogP contribution in [0.2, 0.25) is 0 Å². The van der Waals surface area contributed by atoms with Crippen LogP contribution < -0.4 is 15.7 Å². The van der Waals surface area contributed by atoms with Crippen molar-refractivity contribution in [1.82, 2.24) is 5.32 Å². The monoisotopic (exact) mass is 949 g/mol. The molecule has 1 unspecified atom stereocenters. The SMILES string of the molecule is C=C/C(=C(\C=C\NC1CC(C(C)(C)C)=CC2=C1B(c1coc3cc4c(cc13)C(C)(C)CCC4(C)C)C1=C(CCC(C(C)(C)C)=C1)N2c1ccc(C(C)(C)C)c2oc3ccccc3c12)C(C)(C)C)C(C)(C)C. The summed E-state index contributed by atoms with van der Waals surface area (Å²) in [5.74, 6) is 0. The summed E-state index contributed by atoms with van der Waals surface area (Å²) >= 11 is 0. The number of allylic oxidation sites excluding steroid dienone is 9. The Morgan fingerprint density at radius 3 is 1.96 bits per heavy atom. The first kappa shape index (κ1) is 50.8. The van der Waals surface area contributed by atoms with Gasteiger partial charge in [0.2, 0.25) is 6.71 Å². The summed E-state index contributed by atoms with van der Waals surface area (Å²) in [5, 5.41) is 7.77. The van der Waals surface area contributed by atoms with Crippen LogP contribution in [-0.2, 0) is 16.2 Å². The van der Waals surface area contributed by atoms with Crippen LogP contribution in [0.25, 0.3) is 32.9 Å². The first-order valence-electron chi connectivity index (χ1n) is 26.8. The zero-order valence-corrected chi connectivity index (χ0v) is 47.2. The van der Waals surface area contributed by atoms with Gasteiger partial charge in [0.05, 0.1) is 17.3 Å². The second kappa shape index (κ2) is 17.0. The van der Waals surface area contributed by atoms with Gasteiger partial charge in [-0.05, 0) is 151 Å². The molecule has 4 aliphatic rings. The quantitative estimate of drug-likeness (QED) is 0.136. The van der Waals surface area contributed by atoms with Crippen molar-refractivity contribution in [3.05, 3.63) is 153 Å². The second-order valence-corrected chi connectivity index (χ2v) is 28.2. The lowest BCUT2D eigenvalue weighted by atomic mass is 9.31. The van der Waals surface area contributed by atoms with Gasteiger partial charge in [0.1, 0.15) is 16.7 Å². The van der Waals surface area contributed by atoms with Crippen molar-refractivity contribution in [2.75, 3.05) is 4.90 Å². The van der Waals surface area contributed by atoms with Gasteiger partial charge in [0.25, 0.3) is 0 Å². The fraction of sp³-hybridized carbons (Fsp3) is 0.485. The molecule has 4 nitrogen and oxygen atoms in total. The molecule has 3 aromatic carbocycles. The first-order valence-corrected chi connectivity index (χ1v) is 26.8. The number of anilines is 1. The largest absolute Gasteiger partial charge is 0.465 e. The van der Waals surface area contributed by atoms with Crippen LogP contribution in [0.3, 0.4) is 0 Å². The lowest BCUT2D eigenvalue weighted by molar-refractivity contribution is 0.332.